The zero-order valence-corrected chi connectivity index (χ0v) is 9.92. The van der Waals surface area contributed by atoms with E-state index < -0.39 is 0 Å². The van der Waals surface area contributed by atoms with Gasteiger partial charge < -0.3 is 10.7 Å². The molecule has 3 rings (SSSR count). The number of H-pyrrole nitrogens is 1. The SMILES string of the molecule is Nc1ccc(C(=O)Nc2nc3ccccc3[nH]2)cn1. The highest BCUT2D eigenvalue weighted by atomic mass is 16.1. The second kappa shape index (κ2) is 4.41. The first kappa shape index (κ1) is 11.2. The Morgan fingerprint density at radius 3 is 2.79 bits per heavy atom. The summed E-state index contributed by atoms with van der Waals surface area (Å²) in [7, 11) is 0. The molecular formula is C13H11N5O. The first-order valence-corrected chi connectivity index (χ1v) is 5.70. The molecule has 0 aliphatic carbocycles. The number of nitrogen functional groups attached to an aromatic ring is 1. The number of nitrogens with two attached hydrogens (primary N) is 1. The van der Waals surface area contributed by atoms with Crippen molar-refractivity contribution in [2.45, 2.75) is 0 Å². The van der Waals surface area contributed by atoms with Crippen LogP contribution in [0.4, 0.5) is 11.8 Å². The third-order valence-corrected chi connectivity index (χ3v) is 2.67. The summed E-state index contributed by atoms with van der Waals surface area (Å²) in [5.41, 5.74) is 7.56. The van der Waals surface area contributed by atoms with Crippen LogP contribution < -0.4 is 11.1 Å². The minimum absolute atomic E-state index is 0.286. The number of hydrogen-bond acceptors (Lipinski definition) is 4. The van der Waals surface area contributed by atoms with Crippen LogP contribution in [0.3, 0.4) is 0 Å². The zero-order chi connectivity index (χ0) is 13.2. The van der Waals surface area contributed by atoms with E-state index in [2.05, 4.69) is 20.3 Å². The van der Waals surface area contributed by atoms with E-state index in [0.717, 1.165) is 11.0 Å². The van der Waals surface area contributed by atoms with Crippen LogP contribution in [-0.4, -0.2) is 20.9 Å². The Balaban J connectivity index is 1.84. The average Bonchev–Trinajstić information content (AvgIpc) is 2.81. The van der Waals surface area contributed by atoms with E-state index in [-0.39, 0.29) is 5.91 Å². The van der Waals surface area contributed by atoms with Crippen molar-refractivity contribution in [1.82, 2.24) is 15.0 Å². The van der Waals surface area contributed by atoms with Gasteiger partial charge in [0.05, 0.1) is 16.6 Å². The number of carbonyl (C=O) groups excluding carboxylic acids is 1. The van der Waals surface area contributed by atoms with Gasteiger partial charge in [-0.25, -0.2) is 9.97 Å². The quantitative estimate of drug-likeness (QED) is 0.648. The third-order valence-electron chi connectivity index (χ3n) is 2.67. The van der Waals surface area contributed by atoms with Crippen LogP contribution in [-0.2, 0) is 0 Å². The van der Waals surface area contributed by atoms with Gasteiger partial charge in [0, 0.05) is 6.20 Å². The molecule has 0 aliphatic heterocycles. The molecule has 6 nitrogen and oxygen atoms in total. The summed E-state index contributed by atoms with van der Waals surface area (Å²) in [4.78, 5) is 23.1. The van der Waals surface area contributed by atoms with E-state index in [1.54, 1.807) is 12.1 Å². The molecule has 0 bridgehead atoms. The second-order valence-corrected chi connectivity index (χ2v) is 4.03. The molecule has 3 aromatic rings. The number of anilines is 2. The number of rotatable bonds is 2. The monoisotopic (exact) mass is 253 g/mol. The number of aromatic amines is 1. The summed E-state index contributed by atoms with van der Waals surface area (Å²) in [6, 6.07) is 10.7. The summed E-state index contributed by atoms with van der Waals surface area (Å²) in [6.45, 7) is 0. The number of nitrogens with one attached hydrogen (secondary N) is 2. The first-order valence-electron chi connectivity index (χ1n) is 5.70. The van der Waals surface area contributed by atoms with Crippen molar-refractivity contribution in [3.8, 4) is 0 Å². The highest BCUT2D eigenvalue weighted by molar-refractivity contribution is 6.03. The molecule has 0 radical (unpaired) electrons. The van der Waals surface area contributed by atoms with E-state index >= 15 is 0 Å². The van der Waals surface area contributed by atoms with E-state index in [0.29, 0.717) is 17.3 Å². The molecule has 4 N–H and O–H groups in total. The van der Waals surface area contributed by atoms with Gasteiger partial charge in [0.2, 0.25) is 5.95 Å². The standard InChI is InChI=1S/C13H11N5O/c14-11-6-5-8(7-15-11)12(19)18-13-16-9-3-1-2-4-10(9)17-13/h1-7H,(H2,14,15)(H2,16,17,18,19). The molecule has 19 heavy (non-hydrogen) atoms. The van der Waals surface area contributed by atoms with Crippen molar-refractivity contribution >= 4 is 28.7 Å². The van der Waals surface area contributed by atoms with Gasteiger partial charge in [-0.3, -0.25) is 10.1 Å². The molecule has 0 saturated heterocycles. The van der Waals surface area contributed by atoms with Crippen molar-refractivity contribution < 1.29 is 4.79 Å². The van der Waals surface area contributed by atoms with Crippen molar-refractivity contribution in [2.75, 3.05) is 11.1 Å². The molecular weight excluding hydrogens is 242 g/mol. The van der Waals surface area contributed by atoms with Crippen LogP contribution in [0.15, 0.2) is 42.6 Å². The van der Waals surface area contributed by atoms with Gasteiger partial charge in [0.25, 0.3) is 5.91 Å². The van der Waals surface area contributed by atoms with Crippen molar-refractivity contribution in [3.63, 3.8) is 0 Å². The summed E-state index contributed by atoms with van der Waals surface area (Å²) >= 11 is 0. The maximum atomic E-state index is 12.0. The summed E-state index contributed by atoms with van der Waals surface area (Å²) < 4.78 is 0. The highest BCUT2D eigenvalue weighted by Crippen LogP contribution is 2.14. The smallest absolute Gasteiger partial charge is 0.259 e. The number of imidazole rings is 1. The Kier molecular flexibility index (Phi) is 2.60. The van der Waals surface area contributed by atoms with Gasteiger partial charge in [0.1, 0.15) is 5.82 Å². The van der Waals surface area contributed by atoms with Crippen molar-refractivity contribution in [1.29, 1.82) is 0 Å². The third kappa shape index (κ3) is 2.23. The van der Waals surface area contributed by atoms with Gasteiger partial charge in [-0.15, -0.1) is 0 Å². The molecule has 1 aromatic carbocycles. The van der Waals surface area contributed by atoms with Gasteiger partial charge in [-0.05, 0) is 24.3 Å². The van der Waals surface area contributed by atoms with Crippen molar-refractivity contribution in [3.05, 3.63) is 48.2 Å². The number of aromatic nitrogens is 3. The van der Waals surface area contributed by atoms with Crippen LogP contribution in [0.2, 0.25) is 0 Å². The van der Waals surface area contributed by atoms with Crippen LogP contribution in [0, 0.1) is 0 Å². The molecule has 2 aromatic heterocycles. The number of fused-ring (bicyclic) bond motifs is 1. The van der Waals surface area contributed by atoms with Crippen LogP contribution in [0.1, 0.15) is 10.4 Å². The Labute approximate surface area is 108 Å². The minimum Gasteiger partial charge on any atom is -0.384 e. The molecule has 6 heteroatoms. The largest absolute Gasteiger partial charge is 0.384 e. The van der Waals surface area contributed by atoms with Crippen LogP contribution in [0.5, 0.6) is 0 Å². The maximum Gasteiger partial charge on any atom is 0.259 e. The van der Waals surface area contributed by atoms with Crippen LogP contribution in [0.25, 0.3) is 11.0 Å². The lowest BCUT2D eigenvalue weighted by Gasteiger charge is -2.01. The average molecular weight is 253 g/mol. The van der Waals surface area contributed by atoms with Gasteiger partial charge in [-0.1, -0.05) is 12.1 Å². The van der Waals surface area contributed by atoms with E-state index in [4.69, 9.17) is 5.73 Å². The molecule has 0 aliphatic rings. The molecule has 0 spiro atoms. The number of benzene rings is 1. The van der Waals surface area contributed by atoms with E-state index in [1.807, 2.05) is 24.3 Å². The Morgan fingerprint density at radius 1 is 1.21 bits per heavy atom. The van der Waals surface area contributed by atoms with Gasteiger partial charge in [0.15, 0.2) is 0 Å². The Morgan fingerprint density at radius 2 is 2.05 bits per heavy atom. The lowest BCUT2D eigenvalue weighted by atomic mass is 10.2. The fourth-order valence-corrected chi connectivity index (χ4v) is 1.73. The lowest BCUT2D eigenvalue weighted by Crippen LogP contribution is -2.13. The van der Waals surface area contributed by atoms with Crippen molar-refractivity contribution in [2.24, 2.45) is 0 Å². The molecule has 0 saturated carbocycles. The van der Waals surface area contributed by atoms with Crippen LogP contribution >= 0.6 is 0 Å². The molecule has 0 unspecified atom stereocenters. The van der Waals surface area contributed by atoms with Gasteiger partial charge in [-0.2, -0.15) is 0 Å². The summed E-state index contributed by atoms with van der Waals surface area (Å²) in [5.74, 6) is 0.495. The molecule has 94 valence electrons. The predicted octanol–water partition coefficient (Wildman–Crippen LogP) is 1.79. The number of amides is 1. The second-order valence-electron chi connectivity index (χ2n) is 4.03. The fourth-order valence-electron chi connectivity index (χ4n) is 1.73. The predicted molar refractivity (Wildman–Crippen MR) is 72.7 cm³/mol. The minimum atomic E-state index is -0.286. The molecule has 0 fully saturated rings. The Bertz CT molecular complexity index is 699. The first-order chi connectivity index (χ1) is 9.22. The Hall–Kier alpha value is -2.89. The maximum absolute atomic E-state index is 12.0. The zero-order valence-electron chi connectivity index (χ0n) is 9.92. The summed E-state index contributed by atoms with van der Waals surface area (Å²) in [5, 5.41) is 2.68. The summed E-state index contributed by atoms with van der Waals surface area (Å²) in [6.07, 6.45) is 1.42. The number of para-hydroxylation sites is 2. The molecule has 0 atom stereocenters. The van der Waals surface area contributed by atoms with E-state index in [1.165, 1.54) is 6.20 Å². The normalized spacial score (nSPS) is 10.5. The topological polar surface area (TPSA) is 96.7 Å². The number of carbonyl (C=O) groups is 1. The number of nitrogens with zero attached hydrogens (tertiary/aromatic N) is 2. The molecule has 2 heterocycles. The molecule has 1 amide bonds. The number of hydrogen-bond donors (Lipinski definition) is 3. The lowest BCUT2D eigenvalue weighted by molar-refractivity contribution is 0.102. The number of pyridine rings is 1. The van der Waals surface area contributed by atoms with Gasteiger partial charge >= 0.3 is 0 Å². The fraction of sp³-hybridized carbons (Fsp3) is 0. The van der Waals surface area contributed by atoms with E-state index in [9.17, 15) is 4.79 Å². The highest BCUT2D eigenvalue weighted by Gasteiger charge is 2.09.